The van der Waals surface area contributed by atoms with Crippen molar-refractivity contribution in [3.05, 3.63) is 98.8 Å². The number of hydrogen-bond donors (Lipinski definition) is 5. The fourth-order valence-electron chi connectivity index (χ4n) is 3.19. The van der Waals surface area contributed by atoms with E-state index >= 15 is 0 Å². The summed E-state index contributed by atoms with van der Waals surface area (Å²) < 4.78 is 12.1. The van der Waals surface area contributed by atoms with Gasteiger partial charge in [0.1, 0.15) is 5.82 Å². The minimum Gasteiger partial charge on any atom is -0.399 e. The van der Waals surface area contributed by atoms with E-state index in [9.17, 15) is 24.6 Å². The molecular weight excluding hydrogens is 640 g/mol. The third-order valence-electron chi connectivity index (χ3n) is 5.89. The zero-order valence-electron chi connectivity index (χ0n) is 27.4. The number of rotatable bonds is 13. The van der Waals surface area contributed by atoms with Gasteiger partial charge >= 0.3 is 0 Å². The molecule has 0 saturated heterocycles. The Morgan fingerprint density at radius 1 is 0.609 bits per heavy atom. The van der Waals surface area contributed by atoms with E-state index in [1.54, 1.807) is 12.1 Å². The molecule has 46 heavy (non-hydrogen) atoms. The predicted octanol–water partition coefficient (Wildman–Crippen LogP) is 4.18. The zero-order valence-corrected chi connectivity index (χ0v) is 29.0. The van der Waals surface area contributed by atoms with Gasteiger partial charge in [-0.2, -0.15) is 0 Å². The van der Waals surface area contributed by atoms with Gasteiger partial charge in [-0.25, -0.2) is 4.39 Å². The standard InChI is InChI=1S/C10H15N3O2.C10H17N3.C6H4FNO2.C4H12N2.2ClH/c1-11-7-8-12(2)9-3-5-10(6-4-9)13(14)15;1-12-7-8-13(2)10-5-3-9(11)4-6-10;7-5-1-3-6(4-2-5)8(9)10;1-5-3-4-6-2;;/h3-6,11H,7-8H2,1-2H3;3-6,12H,7-8,11H2,1-2H3;1-4H;5-6H,3-4H2,1-2H3;2*1H. The van der Waals surface area contributed by atoms with Gasteiger partial charge in [0, 0.05) is 94.7 Å². The molecule has 260 valence electrons. The Morgan fingerprint density at radius 3 is 1.22 bits per heavy atom. The van der Waals surface area contributed by atoms with Crippen molar-refractivity contribution in [1.29, 1.82) is 0 Å². The molecule has 16 heteroatoms. The first kappa shape index (κ1) is 46.6. The summed E-state index contributed by atoms with van der Waals surface area (Å²) in [6.45, 7) is 5.84. The maximum absolute atomic E-state index is 12.1. The molecule has 0 fully saturated rings. The molecule has 0 amide bonds. The molecule has 3 aromatic rings. The van der Waals surface area contributed by atoms with Gasteiger partial charge in [0.2, 0.25) is 0 Å². The summed E-state index contributed by atoms with van der Waals surface area (Å²) >= 11 is 0. The molecule has 13 nitrogen and oxygen atoms in total. The van der Waals surface area contributed by atoms with Crippen LogP contribution >= 0.6 is 24.8 Å². The topological polar surface area (TPSA) is 167 Å². The third kappa shape index (κ3) is 21.8. The average molecular weight is 691 g/mol. The average Bonchev–Trinajstić information content (AvgIpc) is 3.03. The Morgan fingerprint density at radius 2 is 0.913 bits per heavy atom. The maximum Gasteiger partial charge on any atom is 0.269 e. The van der Waals surface area contributed by atoms with Gasteiger partial charge in [-0.15, -0.1) is 24.8 Å². The van der Waals surface area contributed by atoms with Crippen LogP contribution in [-0.4, -0.2) is 91.4 Å². The molecule has 0 aromatic heterocycles. The van der Waals surface area contributed by atoms with Crippen LogP contribution in [0.25, 0.3) is 0 Å². The molecule has 0 saturated carbocycles. The second-order valence-electron chi connectivity index (χ2n) is 9.36. The number of nitrogens with one attached hydrogen (secondary N) is 4. The quantitative estimate of drug-likeness (QED) is 0.0756. The first-order chi connectivity index (χ1) is 21.0. The Kier molecular flexibility index (Phi) is 29.1. The van der Waals surface area contributed by atoms with Crippen LogP contribution < -0.4 is 36.8 Å². The van der Waals surface area contributed by atoms with Crippen LogP contribution in [0.1, 0.15) is 0 Å². The molecule has 0 aliphatic carbocycles. The summed E-state index contributed by atoms with van der Waals surface area (Å²) in [6.07, 6.45) is 0. The largest absolute Gasteiger partial charge is 0.399 e. The molecule has 0 heterocycles. The van der Waals surface area contributed by atoms with Crippen molar-refractivity contribution in [3.63, 3.8) is 0 Å². The fraction of sp³-hybridized carbons (Fsp3) is 0.400. The number of anilines is 3. The first-order valence-electron chi connectivity index (χ1n) is 14.0. The maximum atomic E-state index is 12.1. The van der Waals surface area contributed by atoms with Crippen LogP contribution in [-0.2, 0) is 0 Å². The number of halogens is 3. The lowest BCUT2D eigenvalue weighted by molar-refractivity contribution is -0.385. The lowest BCUT2D eigenvalue weighted by Gasteiger charge is -2.18. The molecule has 0 aliphatic rings. The van der Waals surface area contributed by atoms with Crippen LogP contribution in [0.4, 0.5) is 32.8 Å². The molecule has 3 rings (SSSR count). The van der Waals surface area contributed by atoms with E-state index in [4.69, 9.17) is 5.73 Å². The summed E-state index contributed by atoms with van der Waals surface area (Å²) in [6, 6.07) is 18.8. The highest BCUT2D eigenvalue weighted by molar-refractivity contribution is 5.85. The molecule has 0 spiro atoms. The van der Waals surface area contributed by atoms with Gasteiger partial charge in [-0.05, 0) is 76.7 Å². The number of nitrogens with zero attached hydrogens (tertiary/aromatic N) is 4. The Balaban J connectivity index is -0.000000551. The number of non-ortho nitro benzene ring substituents is 2. The number of hydrogen-bond acceptors (Lipinski definition) is 11. The van der Waals surface area contributed by atoms with E-state index in [1.165, 1.54) is 17.8 Å². The Hall–Kier alpha value is -3.79. The number of nitro groups is 2. The molecule has 0 radical (unpaired) electrons. The van der Waals surface area contributed by atoms with E-state index in [-0.39, 0.29) is 36.2 Å². The van der Waals surface area contributed by atoms with Gasteiger partial charge in [0.05, 0.1) is 9.85 Å². The zero-order chi connectivity index (χ0) is 33.3. The number of nitrogen functional groups attached to an aromatic ring is 1. The minimum atomic E-state index is -0.570. The van der Waals surface area contributed by atoms with Crippen molar-refractivity contribution >= 4 is 53.3 Å². The van der Waals surface area contributed by atoms with Crippen LogP contribution in [0.15, 0.2) is 72.8 Å². The monoisotopic (exact) mass is 689 g/mol. The fourth-order valence-corrected chi connectivity index (χ4v) is 3.19. The van der Waals surface area contributed by atoms with Crippen LogP contribution in [0.5, 0.6) is 0 Å². The molecular formula is C30H50Cl2FN9O4. The second-order valence-corrected chi connectivity index (χ2v) is 9.36. The van der Waals surface area contributed by atoms with Gasteiger partial charge in [0.15, 0.2) is 0 Å². The Bertz CT molecular complexity index is 1180. The van der Waals surface area contributed by atoms with E-state index in [1.807, 2.05) is 64.4 Å². The van der Waals surface area contributed by atoms with Crippen LogP contribution in [0, 0.1) is 26.0 Å². The summed E-state index contributed by atoms with van der Waals surface area (Å²) in [5, 5.41) is 32.6. The molecule has 0 atom stereocenters. The van der Waals surface area contributed by atoms with E-state index < -0.39 is 15.7 Å². The predicted molar refractivity (Wildman–Crippen MR) is 194 cm³/mol. The highest BCUT2D eigenvalue weighted by Crippen LogP contribution is 2.18. The third-order valence-corrected chi connectivity index (χ3v) is 5.89. The second kappa shape index (κ2) is 28.7. The first-order valence-corrected chi connectivity index (χ1v) is 14.0. The lowest BCUT2D eigenvalue weighted by atomic mass is 10.2. The highest BCUT2D eigenvalue weighted by atomic mass is 35.5. The molecule has 3 aromatic carbocycles. The smallest absolute Gasteiger partial charge is 0.269 e. The van der Waals surface area contributed by atoms with Gasteiger partial charge in [0.25, 0.3) is 11.4 Å². The lowest BCUT2D eigenvalue weighted by Crippen LogP contribution is -2.26. The van der Waals surface area contributed by atoms with Crippen molar-refractivity contribution in [2.45, 2.75) is 0 Å². The van der Waals surface area contributed by atoms with Crippen molar-refractivity contribution in [3.8, 4) is 0 Å². The summed E-state index contributed by atoms with van der Waals surface area (Å²) in [5.74, 6) is -0.467. The number of benzene rings is 3. The number of likely N-dealkylation sites (N-methyl/N-ethyl adjacent to an activating group) is 6. The normalized spacial score (nSPS) is 9.28. The summed E-state index contributed by atoms with van der Waals surface area (Å²) in [7, 11) is 11.8. The molecule has 0 unspecified atom stereocenters. The van der Waals surface area contributed by atoms with Crippen molar-refractivity contribution < 1.29 is 14.2 Å². The van der Waals surface area contributed by atoms with Gasteiger partial charge in [-0.1, -0.05) is 0 Å². The van der Waals surface area contributed by atoms with Crippen molar-refractivity contribution in [1.82, 2.24) is 21.3 Å². The highest BCUT2D eigenvalue weighted by Gasteiger charge is 2.06. The summed E-state index contributed by atoms with van der Waals surface area (Å²) in [5.41, 5.74) is 8.62. The molecule has 6 N–H and O–H groups in total. The molecule has 0 aliphatic heterocycles. The molecule has 0 bridgehead atoms. The summed E-state index contributed by atoms with van der Waals surface area (Å²) in [4.78, 5) is 23.7. The van der Waals surface area contributed by atoms with Gasteiger partial charge < -0.3 is 36.8 Å². The number of nitrogens with two attached hydrogens (primary N) is 1. The van der Waals surface area contributed by atoms with Crippen LogP contribution in [0.2, 0.25) is 0 Å². The van der Waals surface area contributed by atoms with Crippen molar-refractivity contribution in [2.24, 2.45) is 0 Å². The number of nitro benzene ring substituents is 2. The van der Waals surface area contributed by atoms with E-state index in [2.05, 4.69) is 33.2 Å². The van der Waals surface area contributed by atoms with Gasteiger partial charge in [-0.3, -0.25) is 20.2 Å². The minimum absolute atomic E-state index is 0. The SMILES string of the molecule is CNCCN(C)c1ccc(N)cc1.CNCCN(C)c1ccc([N+](=O)[O-])cc1.CNCCNC.Cl.Cl.O=[N+]([O-])c1ccc(F)cc1. The van der Waals surface area contributed by atoms with Crippen LogP contribution in [0.3, 0.4) is 0 Å². The van der Waals surface area contributed by atoms with Crippen molar-refractivity contribution in [2.75, 3.05) is 97.1 Å². The van der Waals surface area contributed by atoms with E-state index in [0.29, 0.717) is 0 Å². The van der Waals surface area contributed by atoms with E-state index in [0.717, 1.165) is 74.9 Å². The Labute approximate surface area is 284 Å².